The van der Waals surface area contributed by atoms with Gasteiger partial charge in [-0.3, -0.25) is 4.79 Å². The first-order chi connectivity index (χ1) is 12.8. The second kappa shape index (κ2) is 7.47. The highest BCUT2D eigenvalue weighted by Gasteiger charge is 2.14. The number of hydrogen-bond donors (Lipinski definition) is 2. The summed E-state index contributed by atoms with van der Waals surface area (Å²) in [6.07, 6.45) is 0.769. The van der Waals surface area contributed by atoms with Crippen LogP contribution < -0.4 is 10.1 Å². The molecule has 4 nitrogen and oxygen atoms in total. The highest BCUT2D eigenvalue weighted by molar-refractivity contribution is 5.94. The molecule has 0 aliphatic heterocycles. The van der Waals surface area contributed by atoms with Crippen molar-refractivity contribution in [2.24, 2.45) is 0 Å². The van der Waals surface area contributed by atoms with Crippen molar-refractivity contribution in [2.45, 2.75) is 39.5 Å². The molecule has 1 amide bonds. The smallest absolute Gasteiger partial charge is 0.251 e. The molecule has 142 valence electrons. The average molecular weight is 364 g/mol. The molecule has 27 heavy (non-hydrogen) atoms. The maximum atomic E-state index is 12.4. The molecule has 0 bridgehead atoms. The first-order valence-corrected chi connectivity index (χ1v) is 9.33. The molecule has 2 N–H and O–H groups in total. The maximum absolute atomic E-state index is 12.4. The van der Waals surface area contributed by atoms with E-state index in [9.17, 15) is 4.79 Å². The lowest BCUT2D eigenvalue weighted by Crippen LogP contribution is -2.26. The zero-order valence-electron chi connectivity index (χ0n) is 16.8. The molecule has 0 aliphatic carbocycles. The molecule has 0 unspecified atom stereocenters. The summed E-state index contributed by atoms with van der Waals surface area (Å²) in [5, 5.41) is 4.18. The van der Waals surface area contributed by atoms with Crippen molar-refractivity contribution in [1.29, 1.82) is 0 Å². The number of amides is 1. The number of hydrogen-bond acceptors (Lipinski definition) is 2. The molecule has 0 fully saturated rings. The average Bonchev–Trinajstić information content (AvgIpc) is 2.95. The van der Waals surface area contributed by atoms with E-state index in [1.807, 2.05) is 42.5 Å². The van der Waals surface area contributed by atoms with E-state index in [1.165, 1.54) is 11.1 Å². The Kier molecular flexibility index (Phi) is 5.26. The number of fused-ring (bicyclic) bond motifs is 1. The van der Waals surface area contributed by atoms with Crippen LogP contribution in [0.3, 0.4) is 0 Å². The molecule has 1 aromatic heterocycles. The summed E-state index contributed by atoms with van der Waals surface area (Å²) < 4.78 is 5.34. The molecule has 4 heteroatoms. The molecule has 1 heterocycles. The number of carbonyl (C=O) groups excluding carboxylic acids is 1. The van der Waals surface area contributed by atoms with Crippen molar-refractivity contribution in [3.05, 3.63) is 64.8 Å². The lowest BCUT2D eigenvalue weighted by molar-refractivity contribution is 0.0954. The van der Waals surface area contributed by atoms with Crippen LogP contribution in [0.4, 0.5) is 0 Å². The molecule has 0 aliphatic rings. The molecular weight excluding hydrogens is 336 g/mol. The Morgan fingerprint density at radius 2 is 1.81 bits per heavy atom. The molecule has 0 saturated heterocycles. The highest BCUT2D eigenvalue weighted by Crippen LogP contribution is 2.26. The normalized spacial score (nSPS) is 11.6. The number of rotatable bonds is 5. The third-order valence-electron chi connectivity index (χ3n) is 5.00. The third kappa shape index (κ3) is 4.16. The van der Waals surface area contributed by atoms with Crippen molar-refractivity contribution >= 4 is 16.8 Å². The van der Waals surface area contributed by atoms with E-state index in [4.69, 9.17) is 4.74 Å². The van der Waals surface area contributed by atoms with Crippen LogP contribution in [0.25, 0.3) is 10.9 Å². The minimum absolute atomic E-state index is 0.0365. The van der Waals surface area contributed by atoms with E-state index >= 15 is 0 Å². The van der Waals surface area contributed by atoms with Gasteiger partial charge in [0.15, 0.2) is 0 Å². The number of aryl methyl sites for hydroxylation is 1. The number of carbonyl (C=O) groups is 1. The van der Waals surface area contributed by atoms with Gasteiger partial charge >= 0.3 is 0 Å². The van der Waals surface area contributed by atoms with Gasteiger partial charge < -0.3 is 15.0 Å². The van der Waals surface area contributed by atoms with Gasteiger partial charge in [0.1, 0.15) is 5.75 Å². The Morgan fingerprint density at radius 1 is 1.11 bits per heavy atom. The van der Waals surface area contributed by atoms with Gasteiger partial charge in [0.05, 0.1) is 7.11 Å². The van der Waals surface area contributed by atoms with Crippen LogP contribution in [0.1, 0.15) is 48.0 Å². The fraction of sp³-hybridized carbons (Fsp3) is 0.348. The van der Waals surface area contributed by atoms with Crippen molar-refractivity contribution < 1.29 is 9.53 Å². The Hall–Kier alpha value is -2.75. The molecule has 0 saturated carbocycles. The fourth-order valence-electron chi connectivity index (χ4n) is 3.34. The van der Waals surface area contributed by atoms with Crippen LogP contribution in [0.15, 0.2) is 42.5 Å². The first-order valence-electron chi connectivity index (χ1n) is 9.33. The van der Waals surface area contributed by atoms with Crippen LogP contribution in [0.2, 0.25) is 0 Å². The summed E-state index contributed by atoms with van der Waals surface area (Å²) in [6, 6.07) is 13.9. The number of benzene rings is 2. The zero-order chi connectivity index (χ0) is 19.6. The van der Waals surface area contributed by atoms with Crippen molar-refractivity contribution in [1.82, 2.24) is 10.3 Å². The van der Waals surface area contributed by atoms with E-state index < -0.39 is 0 Å². The molecule has 0 radical (unpaired) electrons. The topological polar surface area (TPSA) is 54.1 Å². The first kappa shape index (κ1) is 19.0. The monoisotopic (exact) mass is 364 g/mol. The molecule has 0 atom stereocenters. The van der Waals surface area contributed by atoms with Gasteiger partial charge in [-0.1, -0.05) is 32.9 Å². The standard InChI is InChI=1S/C23H28N2O2/c1-15-19(20-14-18(27-5)10-11-21(20)25-15)12-13-24-22(26)16-6-8-17(9-7-16)23(2,3)4/h6-11,14,25H,12-13H2,1-5H3,(H,24,26). The van der Waals surface area contributed by atoms with Crippen LogP contribution in [0, 0.1) is 6.92 Å². The molecule has 3 rings (SSSR count). The predicted molar refractivity (Wildman–Crippen MR) is 111 cm³/mol. The van der Waals surface area contributed by atoms with E-state index in [-0.39, 0.29) is 11.3 Å². The summed E-state index contributed by atoms with van der Waals surface area (Å²) >= 11 is 0. The van der Waals surface area contributed by atoms with E-state index in [2.05, 4.69) is 38.0 Å². The lowest BCUT2D eigenvalue weighted by atomic mass is 9.87. The summed E-state index contributed by atoms with van der Waals surface area (Å²) in [6.45, 7) is 9.15. The molecular formula is C23H28N2O2. The van der Waals surface area contributed by atoms with Gasteiger partial charge in [0.2, 0.25) is 0 Å². The van der Waals surface area contributed by atoms with Crippen LogP contribution in [0.5, 0.6) is 5.75 Å². The highest BCUT2D eigenvalue weighted by atomic mass is 16.5. The zero-order valence-corrected chi connectivity index (χ0v) is 16.8. The summed E-state index contributed by atoms with van der Waals surface area (Å²) in [7, 11) is 1.67. The van der Waals surface area contributed by atoms with Gasteiger partial charge in [-0.05, 0) is 60.2 Å². The summed E-state index contributed by atoms with van der Waals surface area (Å²) in [5.41, 5.74) is 5.44. The van der Waals surface area contributed by atoms with Gasteiger partial charge in [-0.25, -0.2) is 0 Å². The van der Waals surface area contributed by atoms with Gasteiger partial charge in [-0.15, -0.1) is 0 Å². The number of nitrogens with one attached hydrogen (secondary N) is 2. The van der Waals surface area contributed by atoms with Gasteiger partial charge in [0, 0.05) is 28.7 Å². The largest absolute Gasteiger partial charge is 0.497 e. The van der Waals surface area contributed by atoms with Gasteiger partial charge in [0.25, 0.3) is 5.91 Å². The van der Waals surface area contributed by atoms with Crippen molar-refractivity contribution in [3.8, 4) is 5.75 Å². The molecule has 0 spiro atoms. The lowest BCUT2D eigenvalue weighted by Gasteiger charge is -2.19. The Balaban J connectivity index is 1.67. The Morgan fingerprint density at radius 3 is 2.44 bits per heavy atom. The third-order valence-corrected chi connectivity index (χ3v) is 5.00. The summed E-state index contributed by atoms with van der Waals surface area (Å²) in [5.74, 6) is 0.802. The minimum Gasteiger partial charge on any atom is -0.497 e. The number of H-pyrrole nitrogens is 1. The predicted octanol–water partition coefficient (Wildman–Crippen LogP) is 4.75. The summed E-state index contributed by atoms with van der Waals surface area (Å²) in [4.78, 5) is 15.8. The second-order valence-electron chi connectivity index (χ2n) is 7.97. The van der Waals surface area contributed by atoms with Crippen LogP contribution >= 0.6 is 0 Å². The minimum atomic E-state index is -0.0365. The van der Waals surface area contributed by atoms with Crippen LogP contribution in [-0.2, 0) is 11.8 Å². The molecule has 2 aromatic carbocycles. The fourth-order valence-corrected chi connectivity index (χ4v) is 3.34. The van der Waals surface area contributed by atoms with E-state index in [0.717, 1.165) is 28.8 Å². The molecule has 3 aromatic rings. The van der Waals surface area contributed by atoms with Gasteiger partial charge in [-0.2, -0.15) is 0 Å². The Bertz CT molecular complexity index is 947. The number of aromatic amines is 1. The van der Waals surface area contributed by atoms with E-state index in [0.29, 0.717) is 12.1 Å². The van der Waals surface area contributed by atoms with Crippen molar-refractivity contribution in [3.63, 3.8) is 0 Å². The number of methoxy groups -OCH3 is 1. The number of aromatic nitrogens is 1. The second-order valence-corrected chi connectivity index (χ2v) is 7.97. The number of ether oxygens (including phenoxy) is 1. The SMILES string of the molecule is COc1ccc2[nH]c(C)c(CCNC(=O)c3ccc(C(C)(C)C)cc3)c2c1. The Labute approximate surface area is 160 Å². The van der Waals surface area contributed by atoms with Crippen molar-refractivity contribution in [2.75, 3.05) is 13.7 Å². The van der Waals surface area contributed by atoms with Crippen LogP contribution in [-0.4, -0.2) is 24.5 Å². The maximum Gasteiger partial charge on any atom is 0.251 e. The van der Waals surface area contributed by atoms with E-state index in [1.54, 1.807) is 7.11 Å². The quantitative estimate of drug-likeness (QED) is 0.686.